The number of halogens is 2. The minimum Gasteiger partial charge on any atom is -0.383 e. The highest BCUT2D eigenvalue weighted by molar-refractivity contribution is 6.31. The zero-order valence-corrected chi connectivity index (χ0v) is 10.4. The van der Waals surface area contributed by atoms with Crippen LogP contribution in [-0.4, -0.2) is 19.8 Å². The lowest BCUT2D eigenvalue weighted by Gasteiger charge is -2.16. The lowest BCUT2D eigenvalue weighted by molar-refractivity contribution is 0.164. The van der Waals surface area contributed by atoms with E-state index in [0.717, 1.165) is 12.0 Å². The van der Waals surface area contributed by atoms with Gasteiger partial charge in [-0.1, -0.05) is 18.5 Å². The third-order valence-corrected chi connectivity index (χ3v) is 2.82. The van der Waals surface area contributed by atoms with Crippen molar-refractivity contribution in [3.8, 4) is 0 Å². The number of methoxy groups -OCH3 is 1. The van der Waals surface area contributed by atoms with Crippen molar-refractivity contribution in [3.05, 3.63) is 34.6 Å². The molecule has 1 rings (SSSR count). The van der Waals surface area contributed by atoms with Gasteiger partial charge >= 0.3 is 0 Å². The molecule has 1 unspecified atom stereocenters. The Labute approximate surface area is 101 Å². The largest absolute Gasteiger partial charge is 0.383 e. The normalized spacial score (nSPS) is 12.8. The van der Waals surface area contributed by atoms with Gasteiger partial charge in [-0.25, -0.2) is 4.39 Å². The predicted molar refractivity (Wildman–Crippen MR) is 64.2 cm³/mol. The number of ether oxygens (including phenoxy) is 1. The lowest BCUT2D eigenvalue weighted by atomic mass is 10.2. The Hall–Kier alpha value is -0.640. The highest BCUT2D eigenvalue weighted by atomic mass is 35.5. The minimum absolute atomic E-state index is 0.263. The molecular weight excluding hydrogens is 229 g/mol. The molecular formula is C12H17ClFNO. The molecule has 0 bridgehead atoms. The van der Waals surface area contributed by atoms with Crippen LogP contribution < -0.4 is 5.32 Å². The molecule has 90 valence electrons. The predicted octanol–water partition coefficient (Wildman–Crippen LogP) is 2.99. The average molecular weight is 246 g/mol. The summed E-state index contributed by atoms with van der Waals surface area (Å²) in [5.74, 6) is -0.263. The van der Waals surface area contributed by atoms with E-state index >= 15 is 0 Å². The van der Waals surface area contributed by atoms with Crippen LogP contribution in [0.2, 0.25) is 5.02 Å². The van der Waals surface area contributed by atoms with Crippen LogP contribution in [0.5, 0.6) is 0 Å². The summed E-state index contributed by atoms with van der Waals surface area (Å²) in [6, 6.07) is 4.66. The molecule has 0 aromatic heterocycles. The van der Waals surface area contributed by atoms with Crippen LogP contribution in [0.1, 0.15) is 18.9 Å². The number of benzene rings is 1. The van der Waals surface area contributed by atoms with Crippen molar-refractivity contribution in [2.24, 2.45) is 0 Å². The number of hydrogen-bond acceptors (Lipinski definition) is 2. The zero-order valence-electron chi connectivity index (χ0n) is 9.59. The first-order valence-electron chi connectivity index (χ1n) is 5.33. The van der Waals surface area contributed by atoms with E-state index in [1.54, 1.807) is 13.2 Å². The molecule has 0 radical (unpaired) electrons. The van der Waals surface area contributed by atoms with Gasteiger partial charge in [-0.05, 0) is 30.2 Å². The molecule has 0 heterocycles. The van der Waals surface area contributed by atoms with Crippen LogP contribution >= 0.6 is 11.6 Å². The lowest BCUT2D eigenvalue weighted by Crippen LogP contribution is -2.32. The van der Waals surface area contributed by atoms with Gasteiger partial charge in [0.25, 0.3) is 0 Å². The molecule has 1 atom stereocenters. The first-order chi connectivity index (χ1) is 7.67. The maximum Gasteiger partial charge on any atom is 0.123 e. The third-order valence-electron chi connectivity index (χ3n) is 2.45. The molecule has 16 heavy (non-hydrogen) atoms. The van der Waals surface area contributed by atoms with Gasteiger partial charge in [0.15, 0.2) is 0 Å². The number of rotatable bonds is 6. The van der Waals surface area contributed by atoms with Crippen LogP contribution in [-0.2, 0) is 11.3 Å². The van der Waals surface area contributed by atoms with Crippen molar-refractivity contribution >= 4 is 11.6 Å². The van der Waals surface area contributed by atoms with Crippen molar-refractivity contribution in [2.45, 2.75) is 25.9 Å². The van der Waals surface area contributed by atoms with Gasteiger partial charge in [-0.15, -0.1) is 0 Å². The molecule has 0 amide bonds. The second-order valence-electron chi connectivity index (χ2n) is 3.68. The molecule has 0 aliphatic heterocycles. The van der Waals surface area contributed by atoms with E-state index in [4.69, 9.17) is 16.3 Å². The van der Waals surface area contributed by atoms with E-state index in [-0.39, 0.29) is 11.9 Å². The van der Waals surface area contributed by atoms with E-state index in [0.29, 0.717) is 18.2 Å². The van der Waals surface area contributed by atoms with Gasteiger partial charge in [-0.3, -0.25) is 0 Å². The molecule has 0 saturated heterocycles. The van der Waals surface area contributed by atoms with E-state index in [1.165, 1.54) is 12.1 Å². The average Bonchev–Trinajstić information content (AvgIpc) is 2.28. The first-order valence-corrected chi connectivity index (χ1v) is 5.71. The van der Waals surface area contributed by atoms with Crippen LogP contribution in [0.25, 0.3) is 0 Å². The van der Waals surface area contributed by atoms with Crippen LogP contribution in [0.4, 0.5) is 4.39 Å². The third kappa shape index (κ3) is 4.08. The minimum atomic E-state index is -0.263. The Morgan fingerprint density at radius 1 is 1.50 bits per heavy atom. The summed E-state index contributed by atoms with van der Waals surface area (Å²) >= 11 is 5.96. The maximum atomic E-state index is 13.0. The highest BCUT2D eigenvalue weighted by Crippen LogP contribution is 2.16. The van der Waals surface area contributed by atoms with Crippen LogP contribution in [0.15, 0.2) is 18.2 Å². The van der Waals surface area contributed by atoms with Crippen molar-refractivity contribution in [3.63, 3.8) is 0 Å². The topological polar surface area (TPSA) is 21.3 Å². The Bertz CT molecular complexity index is 333. The molecule has 1 aromatic carbocycles. The van der Waals surface area contributed by atoms with Crippen molar-refractivity contribution < 1.29 is 9.13 Å². The van der Waals surface area contributed by atoms with Crippen molar-refractivity contribution in [1.29, 1.82) is 0 Å². The molecule has 0 saturated carbocycles. The monoisotopic (exact) mass is 245 g/mol. The van der Waals surface area contributed by atoms with Gasteiger partial charge in [0.2, 0.25) is 0 Å². The second kappa shape index (κ2) is 6.84. The summed E-state index contributed by atoms with van der Waals surface area (Å²) < 4.78 is 18.1. The quantitative estimate of drug-likeness (QED) is 0.832. The van der Waals surface area contributed by atoms with E-state index in [1.807, 2.05) is 0 Å². The number of nitrogens with one attached hydrogen (secondary N) is 1. The molecule has 0 aliphatic carbocycles. The Balaban J connectivity index is 2.55. The molecule has 0 spiro atoms. The molecule has 4 heteroatoms. The standard InChI is InChI=1S/C12H17ClFNO/c1-3-11(8-16-2)15-7-9-6-10(14)4-5-12(9)13/h4-6,11,15H,3,7-8H2,1-2H3. The van der Waals surface area contributed by atoms with E-state index < -0.39 is 0 Å². The van der Waals surface area contributed by atoms with Crippen LogP contribution in [0.3, 0.4) is 0 Å². The molecule has 1 N–H and O–H groups in total. The van der Waals surface area contributed by atoms with Gasteiger partial charge < -0.3 is 10.1 Å². The fraction of sp³-hybridized carbons (Fsp3) is 0.500. The number of hydrogen-bond donors (Lipinski definition) is 1. The molecule has 2 nitrogen and oxygen atoms in total. The van der Waals surface area contributed by atoms with Crippen LogP contribution in [0, 0.1) is 5.82 Å². The van der Waals surface area contributed by atoms with Gasteiger partial charge in [0, 0.05) is 24.7 Å². The summed E-state index contributed by atoms with van der Waals surface area (Å²) in [4.78, 5) is 0. The SMILES string of the molecule is CCC(COC)NCc1cc(F)ccc1Cl. The van der Waals surface area contributed by atoms with Gasteiger partial charge in [0.05, 0.1) is 6.61 Å². The molecule has 0 aliphatic rings. The summed E-state index contributed by atoms with van der Waals surface area (Å²) in [6.07, 6.45) is 0.959. The van der Waals surface area contributed by atoms with Crippen molar-refractivity contribution in [1.82, 2.24) is 5.32 Å². The maximum absolute atomic E-state index is 13.0. The summed E-state index contributed by atoms with van der Waals surface area (Å²) in [5.41, 5.74) is 0.774. The zero-order chi connectivity index (χ0) is 12.0. The fourth-order valence-electron chi connectivity index (χ4n) is 1.46. The fourth-order valence-corrected chi connectivity index (χ4v) is 1.64. The summed E-state index contributed by atoms with van der Waals surface area (Å²) in [7, 11) is 1.67. The Morgan fingerprint density at radius 3 is 2.88 bits per heavy atom. The summed E-state index contributed by atoms with van der Waals surface area (Å²) in [6.45, 7) is 3.27. The first kappa shape index (κ1) is 13.4. The second-order valence-corrected chi connectivity index (χ2v) is 4.08. The highest BCUT2D eigenvalue weighted by Gasteiger charge is 2.07. The molecule has 1 aromatic rings. The van der Waals surface area contributed by atoms with E-state index in [9.17, 15) is 4.39 Å². The smallest absolute Gasteiger partial charge is 0.123 e. The van der Waals surface area contributed by atoms with Crippen molar-refractivity contribution in [2.75, 3.05) is 13.7 Å². The Kier molecular flexibility index (Phi) is 5.74. The van der Waals surface area contributed by atoms with Gasteiger partial charge in [0.1, 0.15) is 5.82 Å². The molecule has 0 fully saturated rings. The van der Waals surface area contributed by atoms with E-state index in [2.05, 4.69) is 12.2 Å². The van der Waals surface area contributed by atoms with Gasteiger partial charge in [-0.2, -0.15) is 0 Å². The summed E-state index contributed by atoms with van der Waals surface area (Å²) in [5, 5.41) is 3.86. The Morgan fingerprint density at radius 2 is 2.25 bits per heavy atom.